The zero-order valence-corrected chi connectivity index (χ0v) is 11.6. The summed E-state index contributed by atoms with van der Waals surface area (Å²) in [6.07, 6.45) is -0.142. The van der Waals surface area contributed by atoms with E-state index in [0.717, 1.165) is 11.3 Å². The maximum Gasteiger partial charge on any atom is 0.125 e. The molecular weight excluding hydrogens is 262 g/mol. The molecule has 0 spiro atoms. The molecule has 0 aliphatic rings. The molecule has 2 aromatic carbocycles. The number of methoxy groups -OCH3 is 1. The monoisotopic (exact) mass is 277 g/mol. The largest absolute Gasteiger partial charge is 0.496 e. The fourth-order valence-corrected chi connectivity index (χ4v) is 1.98. The molecule has 0 radical (unpaired) electrons. The summed E-state index contributed by atoms with van der Waals surface area (Å²) < 4.78 is 11.2. The van der Waals surface area contributed by atoms with Gasteiger partial charge in [-0.05, 0) is 25.1 Å². The van der Waals surface area contributed by atoms with Gasteiger partial charge in [0.1, 0.15) is 17.6 Å². The second-order valence-corrected chi connectivity index (χ2v) is 4.59. The van der Waals surface area contributed by atoms with E-state index in [-0.39, 0.29) is 6.10 Å². The number of ether oxygens (including phenoxy) is 2. The topological polar surface area (TPSA) is 44.5 Å². The first-order valence-electron chi connectivity index (χ1n) is 5.96. The molecule has 1 atom stereocenters. The Labute approximate surface area is 117 Å². The van der Waals surface area contributed by atoms with Crippen LogP contribution in [0.1, 0.15) is 18.6 Å². The second kappa shape index (κ2) is 5.85. The van der Waals surface area contributed by atoms with Gasteiger partial charge in [0.25, 0.3) is 0 Å². The quantitative estimate of drug-likeness (QED) is 0.857. The second-order valence-electron chi connectivity index (χ2n) is 4.19. The van der Waals surface area contributed by atoms with E-state index in [1.807, 2.05) is 31.2 Å². The van der Waals surface area contributed by atoms with Crippen molar-refractivity contribution in [3.8, 4) is 11.5 Å². The average molecular weight is 278 g/mol. The Morgan fingerprint density at radius 2 is 1.89 bits per heavy atom. The minimum absolute atomic E-state index is 0.142. The van der Waals surface area contributed by atoms with Gasteiger partial charge < -0.3 is 15.2 Å². The molecule has 0 aromatic heterocycles. The van der Waals surface area contributed by atoms with Crippen molar-refractivity contribution in [2.24, 2.45) is 0 Å². The number of para-hydroxylation sites is 1. The van der Waals surface area contributed by atoms with Crippen LogP contribution in [0.15, 0.2) is 42.5 Å². The minimum Gasteiger partial charge on any atom is -0.496 e. The highest BCUT2D eigenvalue weighted by atomic mass is 35.5. The molecule has 2 N–H and O–H groups in total. The van der Waals surface area contributed by atoms with E-state index >= 15 is 0 Å². The van der Waals surface area contributed by atoms with Crippen molar-refractivity contribution in [3.05, 3.63) is 53.1 Å². The molecule has 0 fully saturated rings. The van der Waals surface area contributed by atoms with Crippen molar-refractivity contribution in [2.75, 3.05) is 12.8 Å². The smallest absolute Gasteiger partial charge is 0.125 e. The molecule has 2 aromatic rings. The van der Waals surface area contributed by atoms with Gasteiger partial charge in [-0.2, -0.15) is 0 Å². The third kappa shape index (κ3) is 3.12. The molecule has 0 saturated carbocycles. The van der Waals surface area contributed by atoms with E-state index < -0.39 is 0 Å². The van der Waals surface area contributed by atoms with Crippen LogP contribution >= 0.6 is 11.6 Å². The third-order valence-electron chi connectivity index (χ3n) is 2.86. The number of halogens is 1. The van der Waals surface area contributed by atoms with Crippen LogP contribution in [-0.2, 0) is 0 Å². The van der Waals surface area contributed by atoms with Gasteiger partial charge in [0, 0.05) is 11.6 Å². The fraction of sp³-hybridized carbons (Fsp3) is 0.200. The maximum atomic E-state index is 5.88. The van der Waals surface area contributed by atoms with Gasteiger partial charge in [0.05, 0.1) is 17.8 Å². The van der Waals surface area contributed by atoms with Crippen LogP contribution in [0, 0.1) is 0 Å². The number of nitrogens with two attached hydrogens (primary N) is 1. The summed E-state index contributed by atoms with van der Waals surface area (Å²) >= 11 is 5.88. The van der Waals surface area contributed by atoms with Crippen LogP contribution in [0.4, 0.5) is 5.69 Å². The lowest BCUT2D eigenvalue weighted by Gasteiger charge is -2.18. The highest BCUT2D eigenvalue weighted by Crippen LogP contribution is 2.31. The molecule has 0 heterocycles. The molecule has 2 rings (SSSR count). The fourth-order valence-electron chi connectivity index (χ4n) is 1.87. The number of rotatable bonds is 4. The van der Waals surface area contributed by atoms with E-state index in [2.05, 4.69) is 0 Å². The van der Waals surface area contributed by atoms with Gasteiger partial charge in [0.2, 0.25) is 0 Å². The summed E-state index contributed by atoms with van der Waals surface area (Å²) in [6.45, 7) is 1.96. The predicted molar refractivity (Wildman–Crippen MR) is 77.9 cm³/mol. The van der Waals surface area contributed by atoms with E-state index in [1.54, 1.807) is 25.3 Å². The average Bonchev–Trinajstić information content (AvgIpc) is 2.43. The van der Waals surface area contributed by atoms with E-state index in [4.69, 9.17) is 26.8 Å². The van der Waals surface area contributed by atoms with Crippen LogP contribution in [-0.4, -0.2) is 7.11 Å². The molecule has 100 valence electrons. The lowest BCUT2D eigenvalue weighted by molar-refractivity contribution is 0.221. The lowest BCUT2D eigenvalue weighted by atomic mass is 10.1. The molecule has 1 unspecified atom stereocenters. The zero-order chi connectivity index (χ0) is 13.8. The SMILES string of the molecule is COc1ccccc1C(C)Oc1ccc(Cl)c(N)c1. The van der Waals surface area contributed by atoms with Gasteiger partial charge in [0.15, 0.2) is 0 Å². The van der Waals surface area contributed by atoms with Gasteiger partial charge in [-0.3, -0.25) is 0 Å². The first kappa shape index (κ1) is 13.6. The summed E-state index contributed by atoms with van der Waals surface area (Å²) in [7, 11) is 1.64. The number of nitrogen functional groups attached to an aromatic ring is 1. The molecule has 3 nitrogen and oxygen atoms in total. The van der Waals surface area contributed by atoms with Crippen molar-refractivity contribution < 1.29 is 9.47 Å². The van der Waals surface area contributed by atoms with Crippen molar-refractivity contribution >= 4 is 17.3 Å². The summed E-state index contributed by atoms with van der Waals surface area (Å²) in [4.78, 5) is 0. The summed E-state index contributed by atoms with van der Waals surface area (Å²) in [6, 6.07) is 13.0. The third-order valence-corrected chi connectivity index (χ3v) is 3.20. The van der Waals surface area contributed by atoms with E-state index in [1.165, 1.54) is 0 Å². The van der Waals surface area contributed by atoms with Crippen LogP contribution in [0.5, 0.6) is 11.5 Å². The normalized spacial score (nSPS) is 11.9. The van der Waals surface area contributed by atoms with Crippen molar-refractivity contribution in [3.63, 3.8) is 0 Å². The molecule has 19 heavy (non-hydrogen) atoms. The highest BCUT2D eigenvalue weighted by Gasteiger charge is 2.12. The van der Waals surface area contributed by atoms with Crippen LogP contribution in [0.3, 0.4) is 0 Å². The van der Waals surface area contributed by atoms with E-state index in [9.17, 15) is 0 Å². The Kier molecular flexibility index (Phi) is 4.17. The van der Waals surface area contributed by atoms with Crippen molar-refractivity contribution in [2.45, 2.75) is 13.0 Å². The van der Waals surface area contributed by atoms with E-state index in [0.29, 0.717) is 16.5 Å². The molecule has 4 heteroatoms. The van der Waals surface area contributed by atoms with Crippen molar-refractivity contribution in [1.29, 1.82) is 0 Å². The lowest BCUT2D eigenvalue weighted by Crippen LogP contribution is -2.05. The standard InChI is InChI=1S/C15H16ClNO2/c1-10(12-5-3-4-6-15(12)18-2)19-11-7-8-13(16)14(17)9-11/h3-10H,17H2,1-2H3. The van der Waals surface area contributed by atoms with Gasteiger partial charge in [-0.15, -0.1) is 0 Å². The molecule has 0 aliphatic heterocycles. The van der Waals surface area contributed by atoms with Gasteiger partial charge in [-0.1, -0.05) is 29.8 Å². The zero-order valence-electron chi connectivity index (χ0n) is 10.9. The molecular formula is C15H16ClNO2. The van der Waals surface area contributed by atoms with Crippen LogP contribution < -0.4 is 15.2 Å². The Morgan fingerprint density at radius 1 is 1.16 bits per heavy atom. The minimum atomic E-state index is -0.142. The number of benzene rings is 2. The Morgan fingerprint density at radius 3 is 2.58 bits per heavy atom. The van der Waals surface area contributed by atoms with Crippen molar-refractivity contribution in [1.82, 2.24) is 0 Å². The molecule has 0 bridgehead atoms. The molecule has 0 saturated heterocycles. The number of anilines is 1. The highest BCUT2D eigenvalue weighted by molar-refractivity contribution is 6.33. The Bertz CT molecular complexity index is 572. The van der Waals surface area contributed by atoms with Crippen LogP contribution in [0.25, 0.3) is 0 Å². The summed E-state index contributed by atoms with van der Waals surface area (Å²) in [5.41, 5.74) is 7.25. The molecule has 0 aliphatic carbocycles. The Hall–Kier alpha value is -1.87. The van der Waals surface area contributed by atoms with Gasteiger partial charge in [-0.25, -0.2) is 0 Å². The summed E-state index contributed by atoms with van der Waals surface area (Å²) in [5, 5.41) is 0.525. The summed E-state index contributed by atoms with van der Waals surface area (Å²) in [5.74, 6) is 1.48. The first-order chi connectivity index (χ1) is 9.11. The van der Waals surface area contributed by atoms with Gasteiger partial charge >= 0.3 is 0 Å². The Balaban J connectivity index is 2.20. The molecule has 0 amide bonds. The van der Waals surface area contributed by atoms with Crippen LogP contribution in [0.2, 0.25) is 5.02 Å². The maximum absolute atomic E-state index is 5.88. The number of hydrogen-bond donors (Lipinski definition) is 1. The number of hydrogen-bond acceptors (Lipinski definition) is 3. The predicted octanol–water partition coefficient (Wildman–Crippen LogP) is 4.07. The first-order valence-corrected chi connectivity index (χ1v) is 6.34.